The number of para-hydroxylation sites is 1. The number of hydrogen-bond donors (Lipinski definition) is 2. The number of thiophene rings is 1. The maximum atomic E-state index is 13.7. The number of nitrogens with one attached hydrogen (secondary N) is 2. The van der Waals surface area contributed by atoms with Gasteiger partial charge in [0.05, 0.1) is 23.5 Å². The van der Waals surface area contributed by atoms with Crippen LogP contribution in [-0.4, -0.2) is 28.7 Å². The van der Waals surface area contributed by atoms with E-state index in [1.54, 1.807) is 78.9 Å². The zero-order chi connectivity index (χ0) is 26.1. The highest BCUT2D eigenvalue weighted by molar-refractivity contribution is 7.80. The molecule has 0 unspecified atom stereocenters. The van der Waals surface area contributed by atoms with Crippen molar-refractivity contribution in [3.05, 3.63) is 105 Å². The van der Waals surface area contributed by atoms with Crippen molar-refractivity contribution in [2.75, 3.05) is 12.4 Å². The maximum absolute atomic E-state index is 13.7. The van der Waals surface area contributed by atoms with Gasteiger partial charge in [0, 0.05) is 16.3 Å². The molecule has 0 radical (unpaired) electrons. The lowest BCUT2D eigenvalue weighted by molar-refractivity contribution is 0.0607. The van der Waals surface area contributed by atoms with E-state index in [-0.39, 0.29) is 15.5 Å². The fourth-order valence-corrected chi connectivity index (χ4v) is 5.66. The number of halogens is 1. The predicted octanol–water partition coefficient (Wildman–Crippen LogP) is 5.77. The summed E-state index contributed by atoms with van der Waals surface area (Å²) in [6.07, 6.45) is 0. The van der Waals surface area contributed by atoms with Gasteiger partial charge in [-0.15, -0.1) is 11.3 Å². The number of benzene rings is 3. The quantitative estimate of drug-likeness (QED) is 0.219. The third-order valence-corrected chi connectivity index (χ3v) is 7.37. The average molecular weight is 548 g/mol. The van der Waals surface area contributed by atoms with Gasteiger partial charge in [-0.25, -0.2) is 4.79 Å². The summed E-state index contributed by atoms with van der Waals surface area (Å²) in [4.78, 5) is 39.9. The molecule has 0 aliphatic rings. The summed E-state index contributed by atoms with van der Waals surface area (Å²) >= 11 is 13.0. The van der Waals surface area contributed by atoms with E-state index in [9.17, 15) is 14.4 Å². The van der Waals surface area contributed by atoms with Gasteiger partial charge in [0.2, 0.25) is 0 Å². The van der Waals surface area contributed by atoms with Crippen LogP contribution in [0.25, 0.3) is 26.7 Å². The molecule has 0 atom stereocenters. The molecule has 37 heavy (non-hydrogen) atoms. The van der Waals surface area contributed by atoms with Crippen molar-refractivity contribution in [3.8, 4) is 5.69 Å². The molecule has 0 saturated heterocycles. The number of ether oxygens (including phenoxy) is 1. The molecule has 3 aromatic carbocycles. The van der Waals surface area contributed by atoms with Crippen LogP contribution in [0.3, 0.4) is 0 Å². The van der Waals surface area contributed by atoms with Crippen LogP contribution in [0, 0.1) is 0 Å². The number of hydrogen-bond acceptors (Lipinski definition) is 6. The van der Waals surface area contributed by atoms with Crippen molar-refractivity contribution >= 4 is 78.8 Å². The highest BCUT2D eigenvalue weighted by Crippen LogP contribution is 2.41. The zero-order valence-corrected chi connectivity index (χ0v) is 21.7. The maximum Gasteiger partial charge on any atom is 0.350 e. The second kappa shape index (κ2) is 10.1. The molecule has 0 aliphatic carbocycles. The Morgan fingerprint density at radius 1 is 0.946 bits per heavy atom. The second-order valence-corrected chi connectivity index (χ2v) is 9.70. The molecular formula is C27H18ClN3O4S2. The summed E-state index contributed by atoms with van der Waals surface area (Å²) in [7, 11) is 1.27. The molecule has 1 amide bonds. The highest BCUT2D eigenvalue weighted by Gasteiger charge is 2.26. The minimum absolute atomic E-state index is 0.0155. The minimum Gasteiger partial charge on any atom is -0.465 e. The first-order valence-electron chi connectivity index (χ1n) is 11.0. The smallest absolute Gasteiger partial charge is 0.350 e. The molecule has 0 saturated carbocycles. The van der Waals surface area contributed by atoms with Crippen LogP contribution < -0.4 is 16.2 Å². The molecule has 0 bridgehead atoms. The third-order valence-electron chi connectivity index (χ3n) is 5.69. The van der Waals surface area contributed by atoms with Crippen LogP contribution in [0.4, 0.5) is 5.69 Å². The van der Waals surface area contributed by atoms with Gasteiger partial charge in [0.1, 0.15) is 9.71 Å². The van der Waals surface area contributed by atoms with Gasteiger partial charge in [-0.05, 0) is 47.9 Å². The molecule has 10 heteroatoms. The molecule has 0 fully saturated rings. The molecule has 0 spiro atoms. The topological polar surface area (TPSA) is 89.4 Å². The minimum atomic E-state index is -0.622. The van der Waals surface area contributed by atoms with Gasteiger partial charge in [0.15, 0.2) is 5.11 Å². The van der Waals surface area contributed by atoms with E-state index in [2.05, 4.69) is 10.6 Å². The van der Waals surface area contributed by atoms with Gasteiger partial charge < -0.3 is 10.1 Å². The highest BCUT2D eigenvalue weighted by atomic mass is 35.5. The summed E-state index contributed by atoms with van der Waals surface area (Å²) in [5.74, 6) is -1.03. The number of methoxy groups -OCH3 is 1. The van der Waals surface area contributed by atoms with E-state index in [0.717, 1.165) is 11.3 Å². The largest absolute Gasteiger partial charge is 0.465 e. The molecule has 184 valence electrons. The molecule has 0 aliphatic heterocycles. The van der Waals surface area contributed by atoms with Gasteiger partial charge in [-0.1, -0.05) is 60.1 Å². The van der Waals surface area contributed by atoms with E-state index >= 15 is 0 Å². The number of rotatable bonds is 4. The van der Waals surface area contributed by atoms with Crippen LogP contribution in [0.1, 0.15) is 20.0 Å². The number of amides is 1. The number of fused-ring (bicyclic) bond motifs is 3. The van der Waals surface area contributed by atoms with Gasteiger partial charge >= 0.3 is 5.97 Å². The number of esters is 1. The number of thiocarbonyl (C=S) groups is 1. The van der Waals surface area contributed by atoms with Crippen molar-refractivity contribution in [1.29, 1.82) is 0 Å². The number of carbonyl (C=O) groups is 2. The molecule has 2 aromatic heterocycles. The fourth-order valence-electron chi connectivity index (χ4n) is 4.04. The predicted molar refractivity (Wildman–Crippen MR) is 151 cm³/mol. The SMILES string of the molecule is COC(=O)c1sc2c(c1NC(=S)NC(=O)c1ccccc1)c1ccccc1c(=O)n2-c1ccccc1Cl. The molecule has 7 nitrogen and oxygen atoms in total. The summed E-state index contributed by atoms with van der Waals surface area (Å²) in [6.45, 7) is 0. The number of anilines is 1. The molecule has 2 N–H and O–H groups in total. The lowest BCUT2D eigenvalue weighted by Gasteiger charge is -2.14. The monoisotopic (exact) mass is 547 g/mol. The van der Waals surface area contributed by atoms with E-state index in [1.165, 1.54) is 11.7 Å². The first-order chi connectivity index (χ1) is 17.9. The third kappa shape index (κ3) is 4.48. The Morgan fingerprint density at radius 2 is 1.59 bits per heavy atom. The lowest BCUT2D eigenvalue weighted by Crippen LogP contribution is -2.34. The lowest BCUT2D eigenvalue weighted by atomic mass is 10.1. The molecule has 5 aromatic rings. The van der Waals surface area contributed by atoms with E-state index in [4.69, 9.17) is 28.6 Å². The molecule has 2 heterocycles. The van der Waals surface area contributed by atoms with Crippen LogP contribution in [0.5, 0.6) is 0 Å². The average Bonchev–Trinajstić information content (AvgIpc) is 3.28. The Kier molecular flexibility index (Phi) is 6.75. The molecular weight excluding hydrogens is 530 g/mol. The molecule has 5 rings (SSSR count). The first kappa shape index (κ1) is 24.6. The normalized spacial score (nSPS) is 10.9. The zero-order valence-electron chi connectivity index (χ0n) is 19.3. The van der Waals surface area contributed by atoms with Crippen molar-refractivity contribution < 1.29 is 14.3 Å². The summed E-state index contributed by atoms with van der Waals surface area (Å²) in [6, 6.07) is 22.6. The van der Waals surface area contributed by atoms with Crippen molar-refractivity contribution in [1.82, 2.24) is 9.88 Å². The van der Waals surface area contributed by atoms with E-state index in [1.807, 2.05) is 0 Å². The Morgan fingerprint density at radius 3 is 2.30 bits per heavy atom. The van der Waals surface area contributed by atoms with Gasteiger partial charge in [-0.3, -0.25) is 19.5 Å². The summed E-state index contributed by atoms with van der Waals surface area (Å²) in [5.41, 5.74) is 0.921. The summed E-state index contributed by atoms with van der Waals surface area (Å²) < 4.78 is 6.52. The standard InChI is InChI=1S/C27H18ClN3O4S2/c1-35-26(34)22-21(29-27(36)30-23(32)15-9-3-2-4-10-15)20-16-11-5-6-12-17(16)24(33)31(25(20)37-22)19-14-8-7-13-18(19)28/h2-14H,1H3,(H2,29,30,32,36). The van der Waals surface area contributed by atoms with Gasteiger partial charge in [-0.2, -0.15) is 0 Å². The van der Waals surface area contributed by atoms with Crippen LogP contribution in [0.2, 0.25) is 5.02 Å². The van der Waals surface area contributed by atoms with Crippen LogP contribution >= 0.6 is 35.2 Å². The van der Waals surface area contributed by atoms with Crippen molar-refractivity contribution in [2.45, 2.75) is 0 Å². The number of aromatic nitrogens is 1. The van der Waals surface area contributed by atoms with Crippen LogP contribution in [0.15, 0.2) is 83.7 Å². The Hall–Kier alpha value is -4.05. The van der Waals surface area contributed by atoms with Crippen LogP contribution in [-0.2, 0) is 4.74 Å². The number of carbonyl (C=O) groups excluding carboxylic acids is 2. The van der Waals surface area contributed by atoms with Gasteiger partial charge in [0.25, 0.3) is 11.5 Å². The van der Waals surface area contributed by atoms with Crippen molar-refractivity contribution in [3.63, 3.8) is 0 Å². The fraction of sp³-hybridized carbons (Fsp3) is 0.0370. The Labute approximate surface area is 225 Å². The number of nitrogens with zero attached hydrogens (tertiary/aromatic N) is 1. The second-order valence-electron chi connectivity index (χ2n) is 7.89. The summed E-state index contributed by atoms with van der Waals surface area (Å²) in [5, 5.41) is 7.61. The first-order valence-corrected chi connectivity index (χ1v) is 12.6. The van der Waals surface area contributed by atoms with E-state index in [0.29, 0.717) is 42.9 Å². The number of pyridine rings is 1. The van der Waals surface area contributed by atoms with Crippen molar-refractivity contribution in [2.24, 2.45) is 0 Å². The van der Waals surface area contributed by atoms with E-state index < -0.39 is 11.9 Å². The Bertz CT molecular complexity index is 1760. The Balaban J connectivity index is 1.74.